The van der Waals surface area contributed by atoms with Gasteiger partial charge in [0.05, 0.1) is 5.75 Å². The molecule has 0 aliphatic carbocycles. The Bertz CT molecular complexity index is 164. The third-order valence-electron chi connectivity index (χ3n) is 0.588. The molecule has 0 aliphatic heterocycles. The molecule has 56 valence electrons. The normalized spacial score (nSPS) is 15.4. The van der Waals surface area contributed by atoms with Crippen LogP contribution in [-0.4, -0.2) is 25.5 Å². The van der Waals surface area contributed by atoms with E-state index in [1.165, 1.54) is 0 Å². The molecule has 0 aromatic carbocycles. The van der Waals surface area contributed by atoms with Crippen molar-refractivity contribution in [1.29, 1.82) is 0 Å². The monoisotopic (exact) mass is 157 g/mol. The Kier molecular flexibility index (Phi) is 3.02. The lowest BCUT2D eigenvalue weighted by Crippen LogP contribution is -2.26. The van der Waals surface area contributed by atoms with E-state index in [2.05, 4.69) is 0 Å². The molecule has 0 rings (SSSR count). The van der Waals surface area contributed by atoms with Crippen LogP contribution in [0.1, 0.15) is 6.92 Å². The van der Waals surface area contributed by atoms with Gasteiger partial charge in [0, 0.05) is 0 Å². The average Bonchev–Trinajstić information content (AvgIpc) is 1.63. The molecule has 0 aromatic rings. The van der Waals surface area contributed by atoms with Crippen molar-refractivity contribution < 1.29 is 18.0 Å². The van der Waals surface area contributed by atoms with Gasteiger partial charge in [-0.3, -0.25) is 0 Å². The zero-order valence-corrected chi connectivity index (χ0v) is 5.65. The number of halogens is 1. The SMILES string of the molecule is CC(F)CS(=O)(=O)NO. The van der Waals surface area contributed by atoms with E-state index < -0.39 is 21.9 Å². The molecule has 0 bridgehead atoms. The maximum atomic E-state index is 11.9. The van der Waals surface area contributed by atoms with E-state index in [0.717, 1.165) is 11.8 Å². The number of nitrogens with one attached hydrogen (secondary N) is 1. The Morgan fingerprint density at radius 2 is 2.22 bits per heavy atom. The van der Waals surface area contributed by atoms with Gasteiger partial charge in [-0.05, 0) is 6.92 Å². The number of alkyl halides is 1. The molecule has 0 aromatic heterocycles. The van der Waals surface area contributed by atoms with Gasteiger partial charge in [0.1, 0.15) is 6.17 Å². The maximum absolute atomic E-state index is 11.9. The van der Waals surface area contributed by atoms with Crippen LogP contribution >= 0.6 is 0 Å². The highest BCUT2D eigenvalue weighted by molar-refractivity contribution is 7.89. The molecule has 0 spiro atoms. The molecule has 1 unspecified atom stereocenters. The molecule has 1 atom stereocenters. The molecule has 0 saturated carbocycles. The van der Waals surface area contributed by atoms with E-state index in [1.807, 2.05) is 0 Å². The van der Waals surface area contributed by atoms with Gasteiger partial charge in [-0.15, -0.1) is 0 Å². The summed E-state index contributed by atoms with van der Waals surface area (Å²) in [5, 5.41) is 7.84. The van der Waals surface area contributed by atoms with Gasteiger partial charge in [0.15, 0.2) is 0 Å². The van der Waals surface area contributed by atoms with Crippen molar-refractivity contribution in [1.82, 2.24) is 4.89 Å². The molecule has 4 nitrogen and oxygen atoms in total. The van der Waals surface area contributed by atoms with Gasteiger partial charge >= 0.3 is 0 Å². The molecule has 0 heterocycles. The van der Waals surface area contributed by atoms with Crippen molar-refractivity contribution in [2.45, 2.75) is 13.1 Å². The summed E-state index contributed by atoms with van der Waals surface area (Å²) in [5.41, 5.74) is 0. The summed E-state index contributed by atoms with van der Waals surface area (Å²) in [7, 11) is -3.79. The maximum Gasteiger partial charge on any atom is 0.236 e. The second-order valence-electron chi connectivity index (χ2n) is 1.65. The van der Waals surface area contributed by atoms with Gasteiger partial charge in [-0.1, -0.05) is 4.89 Å². The molecular formula is C3H8FNO3S. The van der Waals surface area contributed by atoms with Crippen molar-refractivity contribution in [3.05, 3.63) is 0 Å². The summed E-state index contributed by atoms with van der Waals surface area (Å²) in [6.45, 7) is 1.09. The first-order valence-electron chi connectivity index (χ1n) is 2.25. The highest BCUT2D eigenvalue weighted by atomic mass is 32.2. The Balaban J connectivity index is 3.90. The summed E-state index contributed by atoms with van der Waals surface area (Å²) in [6.07, 6.45) is -1.46. The number of hydrogen-bond acceptors (Lipinski definition) is 3. The fourth-order valence-electron chi connectivity index (χ4n) is 0.340. The standard InChI is InChI=1S/C3H8FNO3S/c1-3(4)2-9(7,8)5-6/h3,5-6H,2H2,1H3. The molecule has 9 heavy (non-hydrogen) atoms. The largest absolute Gasteiger partial charge is 0.302 e. The molecule has 0 aliphatic rings. The van der Waals surface area contributed by atoms with E-state index in [9.17, 15) is 12.8 Å². The van der Waals surface area contributed by atoms with Crippen molar-refractivity contribution in [3.63, 3.8) is 0 Å². The molecule has 0 fully saturated rings. The van der Waals surface area contributed by atoms with Crippen LogP contribution in [0.25, 0.3) is 0 Å². The molecule has 0 amide bonds. The second kappa shape index (κ2) is 3.09. The summed E-state index contributed by atoms with van der Waals surface area (Å²) in [5.74, 6) is -0.705. The molecule has 2 N–H and O–H groups in total. The topological polar surface area (TPSA) is 66.4 Å². The Morgan fingerprint density at radius 3 is 2.33 bits per heavy atom. The third kappa shape index (κ3) is 4.31. The summed E-state index contributed by atoms with van der Waals surface area (Å²) in [6, 6.07) is 0. The highest BCUT2D eigenvalue weighted by Crippen LogP contribution is 1.92. The predicted octanol–water partition coefficient (Wildman–Crippen LogP) is -0.347. The molecule has 6 heteroatoms. The van der Waals surface area contributed by atoms with Crippen LogP contribution in [0, 0.1) is 0 Å². The fourth-order valence-corrected chi connectivity index (χ4v) is 1.02. The summed E-state index contributed by atoms with van der Waals surface area (Å²) >= 11 is 0. The van der Waals surface area contributed by atoms with Crippen molar-refractivity contribution in [2.75, 3.05) is 5.75 Å². The van der Waals surface area contributed by atoms with Crippen molar-refractivity contribution >= 4 is 10.0 Å². The first-order chi connectivity index (χ1) is 3.98. The lowest BCUT2D eigenvalue weighted by Gasteiger charge is -1.99. The van der Waals surface area contributed by atoms with Crippen molar-refractivity contribution in [2.24, 2.45) is 0 Å². The lowest BCUT2D eigenvalue weighted by molar-refractivity contribution is 0.240. The van der Waals surface area contributed by atoms with Gasteiger partial charge in [-0.25, -0.2) is 12.8 Å². The van der Waals surface area contributed by atoms with Crippen LogP contribution in [0.4, 0.5) is 4.39 Å². The van der Waals surface area contributed by atoms with Gasteiger partial charge < -0.3 is 5.21 Å². The van der Waals surface area contributed by atoms with Crippen LogP contribution in [0.15, 0.2) is 0 Å². The number of sulfonamides is 1. The Hall–Kier alpha value is -0.200. The predicted molar refractivity (Wildman–Crippen MR) is 29.3 cm³/mol. The van der Waals surface area contributed by atoms with E-state index in [-0.39, 0.29) is 0 Å². The number of hydrogen-bond donors (Lipinski definition) is 2. The quantitative estimate of drug-likeness (QED) is 0.550. The van der Waals surface area contributed by atoms with Crippen LogP contribution in [-0.2, 0) is 10.0 Å². The van der Waals surface area contributed by atoms with Crippen LogP contribution < -0.4 is 4.89 Å². The highest BCUT2D eigenvalue weighted by Gasteiger charge is 2.12. The summed E-state index contributed by atoms with van der Waals surface area (Å²) < 4.78 is 32.3. The Morgan fingerprint density at radius 1 is 1.78 bits per heavy atom. The fraction of sp³-hybridized carbons (Fsp3) is 1.00. The first kappa shape index (κ1) is 8.80. The van der Waals surface area contributed by atoms with E-state index >= 15 is 0 Å². The van der Waals surface area contributed by atoms with Gasteiger partial charge in [0.25, 0.3) is 0 Å². The van der Waals surface area contributed by atoms with Gasteiger partial charge in [-0.2, -0.15) is 0 Å². The summed E-state index contributed by atoms with van der Waals surface area (Å²) in [4.78, 5) is 1.00. The van der Waals surface area contributed by atoms with Crippen LogP contribution in [0.2, 0.25) is 0 Å². The molecule has 0 radical (unpaired) electrons. The Labute approximate surface area is 52.7 Å². The van der Waals surface area contributed by atoms with E-state index in [0.29, 0.717) is 0 Å². The van der Waals surface area contributed by atoms with E-state index in [4.69, 9.17) is 5.21 Å². The first-order valence-corrected chi connectivity index (χ1v) is 3.91. The second-order valence-corrected chi connectivity index (χ2v) is 3.40. The smallest absolute Gasteiger partial charge is 0.236 e. The minimum absolute atomic E-state index is 0.705. The van der Waals surface area contributed by atoms with Crippen LogP contribution in [0.3, 0.4) is 0 Å². The zero-order chi connectivity index (χ0) is 7.49. The lowest BCUT2D eigenvalue weighted by atomic mass is 10.5. The molecule has 0 saturated heterocycles. The zero-order valence-electron chi connectivity index (χ0n) is 4.83. The minimum atomic E-state index is -3.79. The average molecular weight is 157 g/mol. The van der Waals surface area contributed by atoms with Gasteiger partial charge in [0.2, 0.25) is 10.0 Å². The van der Waals surface area contributed by atoms with E-state index in [1.54, 1.807) is 0 Å². The minimum Gasteiger partial charge on any atom is -0.302 e. The number of rotatable bonds is 3. The third-order valence-corrected chi connectivity index (χ3v) is 1.76. The van der Waals surface area contributed by atoms with Crippen LogP contribution in [0.5, 0.6) is 0 Å². The molecular weight excluding hydrogens is 149 g/mol. The van der Waals surface area contributed by atoms with Crippen molar-refractivity contribution in [3.8, 4) is 0 Å².